The van der Waals surface area contributed by atoms with Crippen LogP contribution in [0.25, 0.3) is 11.4 Å². The van der Waals surface area contributed by atoms with Gasteiger partial charge < -0.3 is 14.7 Å². The van der Waals surface area contributed by atoms with Gasteiger partial charge in [-0.05, 0) is 42.0 Å². The summed E-state index contributed by atoms with van der Waals surface area (Å²) in [5.74, 6) is 2.85. The predicted octanol–water partition coefficient (Wildman–Crippen LogP) is 4.05. The van der Waals surface area contributed by atoms with E-state index in [2.05, 4.69) is 26.0 Å². The van der Waals surface area contributed by atoms with E-state index in [4.69, 9.17) is 4.74 Å². The smallest absolute Gasteiger partial charge is 0.145 e. The molecule has 0 bridgehead atoms. The minimum Gasteiger partial charge on any atom is -0.456 e. The molecule has 0 amide bonds. The maximum absolute atomic E-state index is 9.35. The predicted molar refractivity (Wildman–Crippen MR) is 96.6 cm³/mol. The number of nitrogens with zero attached hydrogens (tertiary/aromatic N) is 3. The molecule has 0 aliphatic rings. The van der Waals surface area contributed by atoms with Gasteiger partial charge in [0, 0.05) is 36.8 Å². The largest absolute Gasteiger partial charge is 0.456 e. The van der Waals surface area contributed by atoms with Crippen molar-refractivity contribution in [1.82, 2.24) is 19.9 Å². The summed E-state index contributed by atoms with van der Waals surface area (Å²) in [6.07, 6.45) is 7.65. The van der Waals surface area contributed by atoms with Gasteiger partial charge in [-0.2, -0.15) is 5.26 Å². The first-order valence-electron chi connectivity index (χ1n) is 8.11. The van der Waals surface area contributed by atoms with Crippen LogP contribution in [0.5, 0.6) is 11.5 Å². The first-order chi connectivity index (χ1) is 12.8. The van der Waals surface area contributed by atoms with E-state index in [-0.39, 0.29) is 0 Å². The molecule has 4 rings (SSSR count). The molecule has 0 saturated carbocycles. The van der Waals surface area contributed by atoms with E-state index in [0.29, 0.717) is 23.5 Å². The summed E-state index contributed by atoms with van der Waals surface area (Å²) in [5, 5.41) is 9.35. The number of aromatic nitrogens is 4. The highest BCUT2D eigenvalue weighted by molar-refractivity contribution is 5.56. The Morgan fingerprint density at radius 3 is 2.46 bits per heavy atom. The monoisotopic (exact) mass is 341 g/mol. The van der Waals surface area contributed by atoms with E-state index in [1.165, 1.54) is 0 Å². The quantitative estimate of drug-likeness (QED) is 0.573. The van der Waals surface area contributed by atoms with Crippen LogP contribution in [0.2, 0.25) is 0 Å². The number of benzene rings is 2. The van der Waals surface area contributed by atoms with Crippen LogP contribution in [-0.2, 0) is 6.42 Å². The Kier molecular flexibility index (Phi) is 4.19. The molecule has 126 valence electrons. The van der Waals surface area contributed by atoms with Gasteiger partial charge in [0.2, 0.25) is 0 Å². The number of rotatable bonds is 5. The molecule has 0 fully saturated rings. The SMILES string of the molecule is N#Cc1ccc(Cc2ncc[nH]2)cc1Oc1ccc(-c2ncc[nH]2)cc1. The molecule has 0 spiro atoms. The summed E-state index contributed by atoms with van der Waals surface area (Å²) < 4.78 is 5.95. The van der Waals surface area contributed by atoms with Gasteiger partial charge in [0.1, 0.15) is 29.2 Å². The van der Waals surface area contributed by atoms with Crippen LogP contribution < -0.4 is 4.74 Å². The third-order valence-electron chi connectivity index (χ3n) is 3.95. The Hall–Kier alpha value is -3.85. The van der Waals surface area contributed by atoms with E-state index in [1.807, 2.05) is 36.4 Å². The van der Waals surface area contributed by atoms with Crippen LogP contribution in [0.3, 0.4) is 0 Å². The second-order valence-electron chi connectivity index (χ2n) is 5.72. The summed E-state index contributed by atoms with van der Waals surface area (Å²) in [6.45, 7) is 0. The number of nitriles is 1. The van der Waals surface area contributed by atoms with E-state index in [1.54, 1.807) is 30.9 Å². The number of aromatic amines is 2. The lowest BCUT2D eigenvalue weighted by Crippen LogP contribution is -1.94. The number of nitrogens with one attached hydrogen (secondary N) is 2. The van der Waals surface area contributed by atoms with Gasteiger partial charge in [-0.15, -0.1) is 0 Å². The van der Waals surface area contributed by atoms with Crippen molar-refractivity contribution in [1.29, 1.82) is 5.26 Å². The standard InChI is InChI=1S/C20H15N5O/c21-13-16-2-1-14(12-19-22-7-8-23-19)11-18(16)26-17-5-3-15(4-6-17)20-24-9-10-25-20/h1-11H,12H2,(H,22,23)(H,24,25). The van der Waals surface area contributed by atoms with Crippen LogP contribution in [0.4, 0.5) is 0 Å². The normalized spacial score (nSPS) is 10.4. The van der Waals surface area contributed by atoms with Crippen molar-refractivity contribution < 1.29 is 4.74 Å². The van der Waals surface area contributed by atoms with Gasteiger partial charge >= 0.3 is 0 Å². The van der Waals surface area contributed by atoms with Crippen LogP contribution in [0, 0.1) is 11.3 Å². The molecule has 0 aliphatic heterocycles. The Balaban J connectivity index is 1.57. The average Bonchev–Trinajstić information content (AvgIpc) is 3.37. The maximum atomic E-state index is 9.35. The Morgan fingerprint density at radius 1 is 0.962 bits per heavy atom. The van der Waals surface area contributed by atoms with Crippen molar-refractivity contribution in [3.8, 4) is 29.0 Å². The van der Waals surface area contributed by atoms with Gasteiger partial charge in [0.05, 0.1) is 5.56 Å². The van der Waals surface area contributed by atoms with Gasteiger partial charge in [-0.3, -0.25) is 0 Å². The zero-order chi connectivity index (χ0) is 17.8. The zero-order valence-electron chi connectivity index (χ0n) is 13.8. The van der Waals surface area contributed by atoms with Gasteiger partial charge in [0.15, 0.2) is 0 Å². The Bertz CT molecular complexity index is 1030. The van der Waals surface area contributed by atoms with Crippen LogP contribution in [0.1, 0.15) is 17.0 Å². The van der Waals surface area contributed by atoms with Crippen molar-refractivity contribution in [2.24, 2.45) is 0 Å². The topological polar surface area (TPSA) is 90.4 Å². The summed E-state index contributed by atoms with van der Waals surface area (Å²) >= 11 is 0. The molecule has 6 heteroatoms. The van der Waals surface area contributed by atoms with Crippen molar-refractivity contribution in [2.45, 2.75) is 6.42 Å². The summed E-state index contributed by atoms with van der Waals surface area (Å²) in [5.41, 5.74) is 2.47. The van der Waals surface area contributed by atoms with Gasteiger partial charge in [0.25, 0.3) is 0 Å². The Morgan fingerprint density at radius 2 is 1.77 bits per heavy atom. The molecule has 0 atom stereocenters. The number of H-pyrrole nitrogens is 2. The number of hydrogen-bond acceptors (Lipinski definition) is 4. The Labute approximate surface area is 150 Å². The number of hydrogen-bond donors (Lipinski definition) is 2. The fraction of sp³-hybridized carbons (Fsp3) is 0.0500. The molecule has 2 aromatic heterocycles. The lowest BCUT2D eigenvalue weighted by atomic mass is 10.1. The molecule has 2 aromatic carbocycles. The zero-order valence-corrected chi connectivity index (χ0v) is 13.8. The minimum atomic E-state index is 0.489. The maximum Gasteiger partial charge on any atom is 0.145 e. The van der Waals surface area contributed by atoms with Crippen molar-refractivity contribution in [2.75, 3.05) is 0 Å². The molecule has 2 N–H and O–H groups in total. The molecule has 0 unspecified atom stereocenters. The van der Waals surface area contributed by atoms with E-state index in [0.717, 1.165) is 22.8 Å². The van der Waals surface area contributed by atoms with Crippen LogP contribution in [0.15, 0.2) is 67.3 Å². The molecule has 26 heavy (non-hydrogen) atoms. The highest BCUT2D eigenvalue weighted by atomic mass is 16.5. The van der Waals surface area contributed by atoms with Gasteiger partial charge in [-0.25, -0.2) is 9.97 Å². The second kappa shape index (κ2) is 6.95. The number of imidazole rings is 2. The molecule has 0 radical (unpaired) electrons. The van der Waals surface area contributed by atoms with Gasteiger partial charge in [-0.1, -0.05) is 6.07 Å². The molecular weight excluding hydrogens is 326 g/mol. The first-order valence-corrected chi connectivity index (χ1v) is 8.11. The summed E-state index contributed by atoms with van der Waals surface area (Å²) in [4.78, 5) is 14.6. The highest BCUT2D eigenvalue weighted by Crippen LogP contribution is 2.28. The molecule has 0 saturated heterocycles. The lowest BCUT2D eigenvalue weighted by molar-refractivity contribution is 0.480. The third kappa shape index (κ3) is 3.32. The molecule has 2 heterocycles. The van der Waals surface area contributed by atoms with E-state index < -0.39 is 0 Å². The molecule has 6 nitrogen and oxygen atoms in total. The molecule has 4 aromatic rings. The fourth-order valence-corrected chi connectivity index (χ4v) is 2.67. The van der Waals surface area contributed by atoms with Crippen molar-refractivity contribution in [3.63, 3.8) is 0 Å². The second-order valence-corrected chi connectivity index (χ2v) is 5.72. The number of ether oxygens (including phenoxy) is 1. The molecule has 0 aliphatic carbocycles. The fourth-order valence-electron chi connectivity index (χ4n) is 2.67. The van der Waals surface area contributed by atoms with Crippen molar-refractivity contribution in [3.05, 3.63) is 84.2 Å². The van der Waals surface area contributed by atoms with Crippen LogP contribution >= 0.6 is 0 Å². The van der Waals surface area contributed by atoms with E-state index in [9.17, 15) is 5.26 Å². The first kappa shape index (κ1) is 15.7. The van der Waals surface area contributed by atoms with Crippen molar-refractivity contribution >= 4 is 0 Å². The highest BCUT2D eigenvalue weighted by Gasteiger charge is 2.08. The summed E-state index contributed by atoms with van der Waals surface area (Å²) in [7, 11) is 0. The minimum absolute atomic E-state index is 0.489. The average molecular weight is 341 g/mol. The summed E-state index contributed by atoms with van der Waals surface area (Å²) in [6, 6.07) is 15.3. The third-order valence-corrected chi connectivity index (χ3v) is 3.95. The van der Waals surface area contributed by atoms with Crippen LogP contribution in [-0.4, -0.2) is 19.9 Å². The van der Waals surface area contributed by atoms with E-state index >= 15 is 0 Å². The molecular formula is C20H15N5O. The lowest BCUT2D eigenvalue weighted by Gasteiger charge is -2.10.